The molecule has 1 heterocycles. The van der Waals surface area contributed by atoms with Crippen molar-refractivity contribution in [2.45, 2.75) is 19.9 Å². The van der Waals surface area contributed by atoms with Crippen LogP contribution in [0.4, 0.5) is 0 Å². The van der Waals surface area contributed by atoms with Gasteiger partial charge in [-0.05, 0) is 13.5 Å². The van der Waals surface area contributed by atoms with Crippen molar-refractivity contribution >= 4 is 17.3 Å². The van der Waals surface area contributed by atoms with Gasteiger partial charge >= 0.3 is 5.97 Å². The topological polar surface area (TPSA) is 73.7 Å². The molecule has 0 aliphatic rings. The molecule has 5 nitrogen and oxygen atoms in total. The predicted octanol–water partition coefficient (Wildman–Crippen LogP) is 0.828. The molecule has 1 aromatic rings. The van der Waals surface area contributed by atoms with E-state index in [1.807, 2.05) is 18.9 Å². The monoisotopic (exact) mass is 244 g/mol. The van der Waals surface area contributed by atoms with Crippen molar-refractivity contribution < 1.29 is 15.0 Å². The molecular weight excluding hydrogens is 228 g/mol. The number of aliphatic hydroxyl groups is 1. The highest BCUT2D eigenvalue weighted by molar-refractivity contribution is 7.11. The van der Waals surface area contributed by atoms with E-state index in [2.05, 4.69) is 4.98 Å². The fourth-order valence-electron chi connectivity index (χ4n) is 1.32. The molecule has 0 aliphatic carbocycles. The molecule has 0 aliphatic heterocycles. The van der Waals surface area contributed by atoms with Crippen LogP contribution in [0.25, 0.3) is 0 Å². The minimum atomic E-state index is -0.983. The van der Waals surface area contributed by atoms with Crippen molar-refractivity contribution in [2.75, 3.05) is 20.2 Å². The Labute approximate surface area is 98.4 Å². The highest BCUT2D eigenvalue weighted by Gasteiger charge is 2.17. The summed E-state index contributed by atoms with van der Waals surface area (Å²) in [6.45, 7) is 3.06. The zero-order valence-corrected chi connectivity index (χ0v) is 10.3. The van der Waals surface area contributed by atoms with Gasteiger partial charge in [0.25, 0.3) is 0 Å². The lowest BCUT2D eigenvalue weighted by molar-refractivity contribution is 0.0689. The predicted molar refractivity (Wildman–Crippen MR) is 61.9 cm³/mol. The van der Waals surface area contributed by atoms with Crippen molar-refractivity contribution in [3.63, 3.8) is 0 Å². The second-order valence-electron chi connectivity index (χ2n) is 3.50. The Balaban J connectivity index is 2.84. The Morgan fingerprint density at radius 3 is 2.75 bits per heavy atom. The van der Waals surface area contributed by atoms with Crippen molar-refractivity contribution in [3.8, 4) is 0 Å². The number of hydrogen-bond donors (Lipinski definition) is 2. The number of carboxylic acids is 1. The Hall–Kier alpha value is -0.980. The average Bonchev–Trinajstić information content (AvgIpc) is 2.61. The van der Waals surface area contributed by atoms with Crippen molar-refractivity contribution in [3.05, 3.63) is 15.6 Å². The maximum absolute atomic E-state index is 11.0. The summed E-state index contributed by atoms with van der Waals surface area (Å²) < 4.78 is 0. The van der Waals surface area contributed by atoms with Gasteiger partial charge < -0.3 is 10.2 Å². The molecule has 0 unspecified atom stereocenters. The lowest BCUT2D eigenvalue weighted by atomic mass is 10.3. The van der Waals surface area contributed by atoms with E-state index in [1.165, 1.54) is 11.3 Å². The molecule has 6 heteroatoms. The van der Waals surface area contributed by atoms with Gasteiger partial charge in [-0.25, -0.2) is 9.78 Å². The Morgan fingerprint density at radius 1 is 1.56 bits per heavy atom. The number of likely N-dealkylation sites (N-methyl/N-ethyl adjacent to an activating group) is 1. The number of nitrogens with zero attached hydrogens (tertiary/aromatic N) is 2. The quantitative estimate of drug-likeness (QED) is 0.775. The van der Waals surface area contributed by atoms with Crippen LogP contribution < -0.4 is 0 Å². The molecule has 0 saturated heterocycles. The summed E-state index contributed by atoms with van der Waals surface area (Å²) in [7, 11) is 1.84. The van der Waals surface area contributed by atoms with Gasteiger partial charge in [0.15, 0.2) is 5.69 Å². The van der Waals surface area contributed by atoms with E-state index in [9.17, 15) is 4.79 Å². The zero-order valence-electron chi connectivity index (χ0n) is 9.43. The smallest absolute Gasteiger partial charge is 0.355 e. The van der Waals surface area contributed by atoms with Gasteiger partial charge in [0.2, 0.25) is 0 Å². The first-order chi connectivity index (χ1) is 7.58. The van der Waals surface area contributed by atoms with Gasteiger partial charge in [-0.3, -0.25) is 4.90 Å². The number of thiazole rings is 1. The van der Waals surface area contributed by atoms with Crippen LogP contribution in [0.2, 0.25) is 0 Å². The number of aromatic nitrogens is 1. The normalized spacial score (nSPS) is 11.0. The van der Waals surface area contributed by atoms with Gasteiger partial charge in [0, 0.05) is 13.1 Å². The molecule has 2 N–H and O–H groups in total. The number of carbonyl (C=O) groups is 1. The molecule has 0 amide bonds. The zero-order chi connectivity index (χ0) is 12.1. The van der Waals surface area contributed by atoms with Gasteiger partial charge in [-0.15, -0.1) is 11.3 Å². The fraction of sp³-hybridized carbons (Fsp3) is 0.600. The third kappa shape index (κ3) is 3.26. The molecular formula is C10H16N2O3S. The van der Waals surface area contributed by atoms with Crippen molar-refractivity contribution in [2.24, 2.45) is 0 Å². The molecule has 0 bridgehead atoms. The fourth-order valence-corrected chi connectivity index (χ4v) is 2.40. The van der Waals surface area contributed by atoms with Crippen molar-refractivity contribution in [1.82, 2.24) is 9.88 Å². The van der Waals surface area contributed by atoms with Crippen LogP contribution in [-0.2, 0) is 13.0 Å². The lowest BCUT2D eigenvalue weighted by Gasteiger charge is -2.13. The molecule has 0 spiro atoms. The summed E-state index contributed by atoms with van der Waals surface area (Å²) in [4.78, 5) is 17.7. The van der Waals surface area contributed by atoms with E-state index in [4.69, 9.17) is 10.2 Å². The number of aryl methyl sites for hydroxylation is 1. The maximum Gasteiger partial charge on any atom is 0.355 e. The summed E-state index contributed by atoms with van der Waals surface area (Å²) in [5, 5.41) is 18.6. The molecule has 0 atom stereocenters. The molecule has 1 rings (SSSR count). The molecule has 0 radical (unpaired) electrons. The third-order valence-corrected chi connectivity index (χ3v) is 3.33. The Bertz CT molecular complexity index is 365. The van der Waals surface area contributed by atoms with E-state index in [1.54, 1.807) is 0 Å². The summed E-state index contributed by atoms with van der Waals surface area (Å²) in [6, 6.07) is 0. The van der Waals surface area contributed by atoms with Crippen LogP contribution in [0.3, 0.4) is 0 Å². The molecule has 1 aromatic heterocycles. The highest BCUT2D eigenvalue weighted by atomic mass is 32.1. The Morgan fingerprint density at radius 2 is 2.25 bits per heavy atom. The van der Waals surface area contributed by atoms with Crippen molar-refractivity contribution in [1.29, 1.82) is 0 Å². The molecule has 0 fully saturated rings. The highest BCUT2D eigenvalue weighted by Crippen LogP contribution is 2.20. The third-order valence-electron chi connectivity index (χ3n) is 2.14. The number of rotatable bonds is 6. The van der Waals surface area contributed by atoms with Crippen LogP contribution in [0.5, 0.6) is 0 Å². The lowest BCUT2D eigenvalue weighted by Crippen LogP contribution is -2.22. The SMILES string of the molecule is CCc1nc(C(=O)O)c(CN(C)CCO)s1. The van der Waals surface area contributed by atoms with E-state index >= 15 is 0 Å². The molecule has 16 heavy (non-hydrogen) atoms. The average molecular weight is 244 g/mol. The van der Waals surface area contributed by atoms with E-state index in [0.717, 1.165) is 16.3 Å². The maximum atomic E-state index is 11.0. The second kappa shape index (κ2) is 5.93. The molecule has 0 aromatic carbocycles. The first-order valence-electron chi connectivity index (χ1n) is 5.09. The largest absolute Gasteiger partial charge is 0.476 e. The minimum Gasteiger partial charge on any atom is -0.476 e. The first kappa shape index (κ1) is 13.1. The first-order valence-corrected chi connectivity index (χ1v) is 5.91. The van der Waals surface area contributed by atoms with E-state index in [0.29, 0.717) is 13.1 Å². The van der Waals surface area contributed by atoms with Gasteiger partial charge in [0.05, 0.1) is 16.5 Å². The summed E-state index contributed by atoms with van der Waals surface area (Å²) in [6.07, 6.45) is 0.745. The number of aliphatic hydroxyl groups excluding tert-OH is 1. The van der Waals surface area contributed by atoms with Crippen LogP contribution >= 0.6 is 11.3 Å². The molecule has 0 saturated carbocycles. The Kier molecular flexibility index (Phi) is 4.85. The number of carboxylic acid groups (broad SMARTS) is 1. The minimum absolute atomic E-state index is 0.0678. The van der Waals surface area contributed by atoms with Crippen LogP contribution in [0.1, 0.15) is 27.3 Å². The summed E-state index contributed by atoms with van der Waals surface area (Å²) in [5.41, 5.74) is 0.145. The van der Waals surface area contributed by atoms with Crippen LogP contribution in [-0.4, -0.2) is 46.3 Å². The summed E-state index contributed by atoms with van der Waals surface area (Å²) in [5.74, 6) is -0.983. The van der Waals surface area contributed by atoms with Gasteiger partial charge in [0.1, 0.15) is 0 Å². The van der Waals surface area contributed by atoms with E-state index in [-0.39, 0.29) is 12.3 Å². The van der Waals surface area contributed by atoms with E-state index < -0.39 is 5.97 Å². The van der Waals surface area contributed by atoms with Crippen LogP contribution in [0.15, 0.2) is 0 Å². The van der Waals surface area contributed by atoms with Crippen LogP contribution in [0, 0.1) is 0 Å². The number of hydrogen-bond acceptors (Lipinski definition) is 5. The van der Waals surface area contributed by atoms with Gasteiger partial charge in [-0.2, -0.15) is 0 Å². The second-order valence-corrected chi connectivity index (χ2v) is 4.67. The number of aromatic carboxylic acids is 1. The van der Waals surface area contributed by atoms with Gasteiger partial charge in [-0.1, -0.05) is 6.92 Å². The standard InChI is InChI=1S/C10H16N2O3S/c1-3-8-11-9(10(14)15)7(16-8)6-12(2)4-5-13/h13H,3-6H2,1-2H3,(H,14,15). The molecule has 90 valence electrons. The summed E-state index contributed by atoms with van der Waals surface area (Å²) >= 11 is 1.43.